The van der Waals surface area contributed by atoms with Gasteiger partial charge in [0, 0.05) is 27.5 Å². The van der Waals surface area contributed by atoms with Gasteiger partial charge in [-0.25, -0.2) is 16.8 Å². The number of aliphatic carboxylic acids is 1. The zero-order valence-electron chi connectivity index (χ0n) is 23.9. The van der Waals surface area contributed by atoms with E-state index in [9.17, 15) is 36.4 Å². The Bertz CT molecular complexity index is 2150. The van der Waals surface area contributed by atoms with Crippen LogP contribution >= 0.6 is 22.9 Å². The van der Waals surface area contributed by atoms with Gasteiger partial charge in [-0.3, -0.25) is 13.9 Å². The number of carboxylic acid groups (broad SMARTS) is 1. The van der Waals surface area contributed by atoms with Gasteiger partial charge < -0.3 is 9.52 Å². The number of thiophene rings is 1. The molecule has 1 N–H and O–H groups in total. The van der Waals surface area contributed by atoms with Crippen molar-refractivity contribution in [3.8, 4) is 11.3 Å². The highest BCUT2D eigenvalue weighted by Crippen LogP contribution is 2.41. The van der Waals surface area contributed by atoms with Gasteiger partial charge >= 0.3 is 11.9 Å². The van der Waals surface area contributed by atoms with Crippen LogP contribution in [0.3, 0.4) is 0 Å². The first-order valence-corrected chi connectivity index (χ1v) is 17.4. The molecule has 0 saturated heterocycles. The molecular formula is C30H24ClN3O9S3. The maximum absolute atomic E-state index is 14.0. The predicted octanol–water partition coefficient (Wildman–Crippen LogP) is 5.89. The van der Waals surface area contributed by atoms with Crippen molar-refractivity contribution in [2.24, 2.45) is 5.18 Å². The van der Waals surface area contributed by atoms with E-state index in [4.69, 9.17) is 16.0 Å². The van der Waals surface area contributed by atoms with Crippen molar-refractivity contribution in [3.63, 3.8) is 0 Å². The molecule has 0 aliphatic heterocycles. The summed E-state index contributed by atoms with van der Waals surface area (Å²) in [6.45, 7) is -0.380. The summed E-state index contributed by atoms with van der Waals surface area (Å²) in [6, 6.07) is 19.2. The molecule has 0 aliphatic rings. The summed E-state index contributed by atoms with van der Waals surface area (Å²) in [5.41, 5.74) is 1.39. The van der Waals surface area contributed by atoms with Crippen LogP contribution in [0.1, 0.15) is 10.4 Å². The molecule has 12 nitrogen and oxygen atoms in total. The lowest BCUT2D eigenvalue weighted by Crippen LogP contribution is -2.35. The fourth-order valence-electron chi connectivity index (χ4n) is 4.65. The first-order chi connectivity index (χ1) is 21.8. The van der Waals surface area contributed by atoms with Crippen molar-refractivity contribution in [1.82, 2.24) is 4.31 Å². The molecule has 0 fully saturated rings. The summed E-state index contributed by atoms with van der Waals surface area (Å²) in [5.74, 6) is -2.13. The monoisotopic (exact) mass is 701 g/mol. The quantitative estimate of drug-likeness (QED) is 0.156. The number of rotatable bonds is 12. The number of hydrogen-bond donors (Lipinski definition) is 1. The first kappa shape index (κ1) is 33.0. The number of nitrogens with zero attached hydrogens (tertiary/aromatic N) is 3. The number of halogens is 1. The zero-order chi connectivity index (χ0) is 33.2. The number of hydrogen-bond acceptors (Lipinski definition) is 9. The topological polar surface area (TPSA) is 172 Å². The molecule has 0 spiro atoms. The van der Waals surface area contributed by atoms with Gasteiger partial charge in [0.2, 0.25) is 10.0 Å². The Hall–Kier alpha value is -4.41. The number of fused-ring (bicyclic) bond motifs is 1. The molecule has 0 saturated carbocycles. The Balaban J connectivity index is 1.58. The summed E-state index contributed by atoms with van der Waals surface area (Å²) >= 11 is 7.49. The zero-order valence-corrected chi connectivity index (χ0v) is 27.1. The van der Waals surface area contributed by atoms with Gasteiger partial charge in [0.15, 0.2) is 0 Å². The molecule has 5 aromatic rings. The Morgan fingerprint density at radius 2 is 1.57 bits per heavy atom. The van der Waals surface area contributed by atoms with Crippen LogP contribution in [0.25, 0.3) is 21.4 Å². The molecule has 46 heavy (non-hydrogen) atoms. The molecule has 0 radical (unpaired) electrons. The largest absolute Gasteiger partial charge is 0.480 e. The van der Waals surface area contributed by atoms with Crippen LogP contribution in [0.15, 0.2) is 105 Å². The SMILES string of the molecule is Cc1ccc(S(=O)(=O)N(CC(=O)O)Cc2cc3c(N(CC(=O)N=O)S(=O)(=O)c4ccc(-c5ccco5)cc4)ccc(Cl)c3s2)cc1. The van der Waals surface area contributed by atoms with Crippen molar-refractivity contribution in [2.75, 3.05) is 17.4 Å². The second-order valence-electron chi connectivity index (χ2n) is 10.0. The van der Waals surface area contributed by atoms with E-state index in [1.165, 1.54) is 60.9 Å². The second kappa shape index (κ2) is 13.1. The predicted molar refractivity (Wildman–Crippen MR) is 173 cm³/mol. The smallest absolute Gasteiger partial charge is 0.318 e. The van der Waals surface area contributed by atoms with Crippen LogP contribution in [0, 0.1) is 11.8 Å². The summed E-state index contributed by atoms with van der Waals surface area (Å²) in [4.78, 5) is 35.1. The number of aryl methyl sites for hydroxylation is 1. The minimum Gasteiger partial charge on any atom is -0.480 e. The van der Waals surface area contributed by atoms with E-state index in [0.717, 1.165) is 25.5 Å². The van der Waals surface area contributed by atoms with Crippen molar-refractivity contribution >= 4 is 70.6 Å². The van der Waals surface area contributed by atoms with E-state index in [1.54, 1.807) is 31.2 Å². The van der Waals surface area contributed by atoms with Crippen molar-refractivity contribution < 1.29 is 35.9 Å². The summed E-state index contributed by atoms with van der Waals surface area (Å²) in [7, 11) is -8.74. The highest BCUT2D eigenvalue weighted by atomic mass is 35.5. The van der Waals surface area contributed by atoms with Crippen molar-refractivity contribution in [2.45, 2.75) is 23.3 Å². The van der Waals surface area contributed by atoms with E-state index in [-0.39, 0.29) is 32.4 Å². The average molecular weight is 702 g/mol. The molecule has 2 heterocycles. The van der Waals surface area contributed by atoms with E-state index < -0.39 is 45.0 Å². The Morgan fingerprint density at radius 3 is 2.17 bits per heavy atom. The number of anilines is 1. The maximum Gasteiger partial charge on any atom is 0.318 e. The van der Waals surface area contributed by atoms with E-state index in [0.29, 0.717) is 20.9 Å². The van der Waals surface area contributed by atoms with Crippen molar-refractivity contribution in [1.29, 1.82) is 0 Å². The minimum absolute atomic E-state index is 0.0276. The van der Waals surface area contributed by atoms with E-state index in [2.05, 4.69) is 5.18 Å². The number of carbonyl (C=O) groups excluding carboxylic acids is 1. The van der Waals surface area contributed by atoms with Gasteiger partial charge in [0.1, 0.15) is 18.8 Å². The van der Waals surface area contributed by atoms with Crippen LogP contribution in [0.2, 0.25) is 5.02 Å². The Labute approximate surface area is 272 Å². The van der Waals surface area contributed by atoms with Crippen LogP contribution in [0.5, 0.6) is 0 Å². The lowest BCUT2D eigenvalue weighted by molar-refractivity contribution is -0.137. The number of furan rings is 1. The molecule has 0 unspecified atom stereocenters. The van der Waals surface area contributed by atoms with Crippen LogP contribution in [0.4, 0.5) is 5.69 Å². The number of carboxylic acids is 1. The van der Waals surface area contributed by atoms with Gasteiger partial charge in [-0.1, -0.05) is 29.3 Å². The highest BCUT2D eigenvalue weighted by Gasteiger charge is 2.31. The van der Waals surface area contributed by atoms with Gasteiger partial charge in [-0.05, 0) is 73.7 Å². The van der Waals surface area contributed by atoms with Gasteiger partial charge in [-0.15, -0.1) is 16.2 Å². The molecule has 0 atom stereocenters. The molecule has 5 rings (SSSR count). The fourth-order valence-corrected chi connectivity index (χ4v) is 8.91. The summed E-state index contributed by atoms with van der Waals surface area (Å²) in [5, 5.41) is 12.3. The van der Waals surface area contributed by atoms with Crippen LogP contribution in [-0.4, -0.2) is 51.2 Å². The molecular weight excluding hydrogens is 678 g/mol. The Morgan fingerprint density at radius 1 is 0.913 bits per heavy atom. The van der Waals surface area contributed by atoms with Crippen LogP contribution < -0.4 is 4.31 Å². The molecule has 0 aliphatic carbocycles. The lowest BCUT2D eigenvalue weighted by Gasteiger charge is -2.24. The standard InChI is InChI=1S/C30H24ClN3O9S3/c1-19-4-8-22(9-5-19)45(39,40)33(18-29(36)37)16-21-15-24-26(13-12-25(31)30(24)44-21)34(17-28(35)32-38)46(41,42)23-10-6-20(7-11-23)27-3-2-14-43-27/h2-15H,16-18H2,1H3,(H,36,37). The maximum atomic E-state index is 14.0. The minimum atomic E-state index is -4.48. The van der Waals surface area contributed by atoms with Crippen LogP contribution in [-0.2, 0) is 36.2 Å². The average Bonchev–Trinajstić information content (AvgIpc) is 3.71. The number of carbonyl (C=O) groups is 2. The highest BCUT2D eigenvalue weighted by molar-refractivity contribution is 7.93. The third-order valence-electron chi connectivity index (χ3n) is 6.86. The normalized spacial score (nSPS) is 12.0. The molecule has 238 valence electrons. The fraction of sp³-hybridized carbons (Fsp3) is 0.133. The third kappa shape index (κ3) is 6.73. The molecule has 2 aromatic heterocycles. The number of sulfonamides is 2. The molecule has 1 amide bonds. The first-order valence-electron chi connectivity index (χ1n) is 13.3. The Kier molecular flexibility index (Phi) is 9.42. The van der Waals surface area contributed by atoms with E-state index >= 15 is 0 Å². The number of benzene rings is 3. The number of nitroso groups, excluding NO2 is 1. The van der Waals surface area contributed by atoms with Crippen molar-refractivity contribution in [3.05, 3.63) is 105 Å². The van der Waals surface area contributed by atoms with Gasteiger partial charge in [0.25, 0.3) is 10.0 Å². The number of amides is 1. The molecule has 16 heteroatoms. The lowest BCUT2D eigenvalue weighted by atomic mass is 10.2. The summed E-state index contributed by atoms with van der Waals surface area (Å²) < 4.78 is 62.0. The molecule has 3 aromatic carbocycles. The van der Waals surface area contributed by atoms with Gasteiger partial charge in [0.05, 0.1) is 31.5 Å². The third-order valence-corrected chi connectivity index (χ3v) is 12.0. The molecule has 0 bridgehead atoms. The van der Waals surface area contributed by atoms with E-state index in [1.807, 2.05) is 0 Å². The summed E-state index contributed by atoms with van der Waals surface area (Å²) in [6.07, 6.45) is 1.47. The van der Waals surface area contributed by atoms with Gasteiger partial charge in [-0.2, -0.15) is 4.31 Å². The second-order valence-corrected chi connectivity index (χ2v) is 15.3.